The molecule has 5 aliphatic rings. The Labute approximate surface area is 820 Å². The number of aromatic hydroxyl groups is 1. The van der Waals surface area contributed by atoms with Crippen LogP contribution in [0.2, 0.25) is 5.02 Å². The molecule has 0 unspecified atom stereocenters. The smallest absolute Gasteiger partial charge is 0.416 e. The number of fused-ring (bicyclic) bond motifs is 6. The monoisotopic (exact) mass is 2030 g/mol. The number of allylic oxidation sites excluding steroid dienone is 4. The molecule has 10 amide bonds. The highest BCUT2D eigenvalue weighted by molar-refractivity contribution is 8.77. The number of ketones is 1. The van der Waals surface area contributed by atoms with Crippen molar-refractivity contribution in [3.8, 4) is 11.5 Å². The number of Topliss-reactive ketones (excluding diaryl/α,β-unsaturated/α-hetero) is 1. The highest BCUT2D eigenvalue weighted by atomic mass is 35.5. The number of benzene rings is 5. The number of rotatable bonds is 31. The van der Waals surface area contributed by atoms with Gasteiger partial charge < -0.3 is 92.2 Å². The summed E-state index contributed by atoms with van der Waals surface area (Å²) in [4.78, 5) is 180. The molecule has 1 aliphatic carbocycles. The fourth-order valence-electron chi connectivity index (χ4n) is 16.6. The second kappa shape index (κ2) is 48.8. The van der Waals surface area contributed by atoms with E-state index >= 15 is 24.0 Å². The van der Waals surface area contributed by atoms with E-state index in [0.29, 0.717) is 53.7 Å². The first kappa shape index (κ1) is 110. The first-order valence-electron chi connectivity index (χ1n) is 44.8. The lowest BCUT2D eigenvalue weighted by atomic mass is 9.83. The number of phenolic OH excluding ortho intramolecular Hbond substituents is 1. The molecule has 0 spiro atoms. The van der Waals surface area contributed by atoms with Crippen molar-refractivity contribution in [3.63, 3.8) is 0 Å². The average molecular weight is 2030 g/mol. The van der Waals surface area contributed by atoms with Gasteiger partial charge in [0.2, 0.25) is 63.2 Å². The van der Waals surface area contributed by atoms with Crippen LogP contribution in [0, 0.1) is 11.8 Å². The summed E-state index contributed by atoms with van der Waals surface area (Å²) in [7, 11) is 4.71. The summed E-state index contributed by atoms with van der Waals surface area (Å²) in [5.41, 5.74) is 12.4. The third kappa shape index (κ3) is 29.7. The summed E-state index contributed by atoms with van der Waals surface area (Å²) >= 11 is 6.91. The maximum absolute atomic E-state index is 15.6. The number of likely N-dealkylation sites (N-methyl/N-ethyl adjacent to an activating group) is 1. The number of ether oxygens (including phenoxy) is 5. The quantitative estimate of drug-likeness (QED) is 0.00875. The Morgan fingerprint density at radius 2 is 1.51 bits per heavy atom. The minimum atomic E-state index is -4.76. The van der Waals surface area contributed by atoms with E-state index in [2.05, 4.69) is 41.9 Å². The van der Waals surface area contributed by atoms with E-state index in [0.717, 1.165) is 83.8 Å². The van der Waals surface area contributed by atoms with E-state index in [1.54, 1.807) is 94.5 Å². The first-order chi connectivity index (χ1) is 65.1. The van der Waals surface area contributed by atoms with Gasteiger partial charge in [-0.25, -0.2) is 22.7 Å². The maximum Gasteiger partial charge on any atom is 0.416 e. The van der Waals surface area contributed by atoms with Crippen LogP contribution in [-0.4, -0.2) is 247 Å². The molecule has 0 saturated carbocycles. The van der Waals surface area contributed by atoms with Crippen molar-refractivity contribution in [2.24, 2.45) is 23.3 Å². The molecule has 17 atom stereocenters. The number of primary amides is 1. The number of halogens is 4. The van der Waals surface area contributed by atoms with E-state index < -0.39 is 230 Å². The SMILES string of the molecule is COc1cc2cc(c1Cl)N(C)C(=O)C[C@H](OC(=O)[C@H](C)N(C)C(=O)CCSSC(C)(C)[C@H](NC(=O)[C@@H]1CSSC[C@H](NC(=O)[C@@H](Cc3ccccc3)NS(=O)(=O)Cc3ccc(C(F)(F)F)cc3)C(=O)C[C@@H](Cc3ccc(O)cc3)C(=O)N[C@H](CC3=CCc4ccccc43)C(=O)N[C@@H](CCCCN)C(=O)N[C@@H]([C@@H](C)O)C(=O)N1)C(N)=O)[C@]1(C)O[C@H]1[C@H](C)[C@@H]1C[C@@](O)(NC(=O)O1)[C@H](OC)/C=C/C=C(\C)C2. The highest BCUT2D eigenvalue weighted by Crippen LogP contribution is 2.50. The van der Waals surface area contributed by atoms with Crippen molar-refractivity contribution in [2.45, 2.75) is 232 Å². The van der Waals surface area contributed by atoms with Gasteiger partial charge in [0.1, 0.15) is 82.7 Å². The standard InChI is InChI=1S/C95H120ClF3N12O22S5/c1-52-20-19-26-75(130-11)94(126)48-74(131-91(125)108-94)53(2)82-93(7,133-82)76(47-78(116)111(9)71-43-59(40-52)44-73(129-10)79(71)96)132-90(124)54(3)110(8)77(115)37-39-134-137-92(5,6)81(83(101)117)107-88(122)70-50-136-135-49-69(104-87(121)68(42-56-21-13-12-14-22-56)109-138(127,128)51-58-27-33-63(34-28-58)95(97,98)99)72(114)46-62(41-57-29-35-64(113)36-30-57)84(118)103-67(45-61-32-31-60-23-15-16-24-65(60)61)86(120)102-66(25-17-18-38-100)85(119)106-80(55(4)112)89(123)105-70/h12-16,19-24,26-30,32-36,43-44,53-55,62,66-70,74-76,80-82,109,112-113,126H,17-18,25,31,37-42,45-51,100H2,1-11H3,(H2,101,117)(H,102,120)(H,103,118)(H,104,121)(H,105,123)(H,106,119)(H,107,122)(H,108,125)/b26-19+,52-20+/t53-,54+,55-,62-,66+,67-,68-,69+,70+,74+,75-,76+,80+,81-,82+,93+,94+/m1/s1. The molecule has 5 aromatic carbocycles. The summed E-state index contributed by atoms with van der Waals surface area (Å²) in [5.74, 6) is -14.1. The van der Waals surface area contributed by atoms with Crippen molar-refractivity contribution >= 4 is 147 Å². The largest absolute Gasteiger partial charge is 0.508 e. The molecule has 34 nitrogen and oxygen atoms in total. The second-order valence-corrected chi connectivity index (χ2v) is 43.4. The van der Waals surface area contributed by atoms with Crippen molar-refractivity contribution in [3.05, 3.63) is 189 Å². The zero-order chi connectivity index (χ0) is 101. The fourth-order valence-corrected chi connectivity index (χ4v) is 23.2. The number of hydrogen-bond donors (Lipinski definition) is 13. The number of hydrogen-bond acceptors (Lipinski definition) is 27. The summed E-state index contributed by atoms with van der Waals surface area (Å²) in [6, 6.07) is 14.7. The Balaban J connectivity index is 0.902. The molecule has 750 valence electrons. The van der Waals surface area contributed by atoms with Gasteiger partial charge in [0.05, 0.1) is 48.8 Å². The number of esters is 1. The molecule has 5 aromatic rings. The number of alkyl carbamates (subject to hydrolysis) is 1. The predicted molar refractivity (Wildman–Crippen MR) is 519 cm³/mol. The molecule has 4 heterocycles. The minimum Gasteiger partial charge on any atom is -0.508 e. The molecule has 43 heteroatoms. The molecule has 3 saturated heterocycles. The Hall–Kier alpha value is -10.2. The number of amides is 10. The second-order valence-electron chi connectivity index (χ2n) is 35.7. The van der Waals surface area contributed by atoms with Crippen molar-refractivity contribution in [1.82, 2.24) is 46.8 Å². The zero-order valence-corrected chi connectivity index (χ0v) is 83.0. The number of nitrogens with zero attached hydrogens (tertiary/aromatic N) is 2. The fraction of sp³-hybridized carbons (Fsp3) is 0.495. The molecular weight excluding hydrogens is 1910 g/mol. The molecule has 15 N–H and O–H groups in total. The number of nitrogens with one attached hydrogen (secondary N) is 8. The van der Waals surface area contributed by atoms with Crippen LogP contribution in [0.3, 0.4) is 0 Å². The van der Waals surface area contributed by atoms with Crippen LogP contribution >= 0.6 is 54.8 Å². The number of anilines is 1. The van der Waals surface area contributed by atoms with Crippen LogP contribution in [0.15, 0.2) is 145 Å². The molecule has 0 radical (unpaired) electrons. The van der Waals surface area contributed by atoms with Crippen LogP contribution in [0.1, 0.15) is 139 Å². The Bertz CT molecular complexity index is 5460. The average Bonchev–Trinajstić information content (AvgIpc) is 1.57. The lowest BCUT2D eigenvalue weighted by molar-refractivity contribution is -0.162. The van der Waals surface area contributed by atoms with Gasteiger partial charge in [-0.2, -0.15) is 13.2 Å². The third-order valence-electron chi connectivity index (χ3n) is 24.8. The van der Waals surface area contributed by atoms with Gasteiger partial charge in [-0.15, -0.1) is 0 Å². The predicted octanol–water partition coefficient (Wildman–Crippen LogP) is 7.67. The van der Waals surface area contributed by atoms with E-state index in [4.69, 9.17) is 46.8 Å². The van der Waals surface area contributed by atoms with Gasteiger partial charge in [0.25, 0.3) is 0 Å². The van der Waals surface area contributed by atoms with Gasteiger partial charge in [0.15, 0.2) is 11.5 Å². The number of unbranched alkanes of at least 4 members (excludes halogenated alkanes) is 1. The number of carbonyl (C=O) groups excluding carboxylic acids is 12. The normalized spacial score (nSPS) is 25.5. The highest BCUT2D eigenvalue weighted by Gasteiger charge is 2.65. The van der Waals surface area contributed by atoms with E-state index in [-0.39, 0.29) is 85.0 Å². The third-order valence-corrected chi connectivity index (χ3v) is 32.2. The van der Waals surface area contributed by atoms with Crippen molar-refractivity contribution in [1.29, 1.82) is 0 Å². The molecule has 4 aliphatic heterocycles. The molecule has 0 aromatic heterocycles. The number of aliphatic hydroxyl groups is 2. The number of aliphatic hydroxyl groups excluding tert-OH is 1. The van der Waals surface area contributed by atoms with E-state index in [9.17, 15) is 70.5 Å². The van der Waals surface area contributed by atoms with Gasteiger partial charge in [-0.3, -0.25) is 53.3 Å². The summed E-state index contributed by atoms with van der Waals surface area (Å²) < 4.78 is 100. The molecule has 3 fully saturated rings. The number of phenols is 1. The summed E-state index contributed by atoms with van der Waals surface area (Å²) in [5, 5.41) is 52.6. The number of alkyl halides is 3. The molecule has 10 rings (SSSR count). The van der Waals surface area contributed by atoms with Gasteiger partial charge in [-0.1, -0.05) is 170 Å². The lowest BCUT2D eigenvalue weighted by Crippen LogP contribution is -2.63. The van der Waals surface area contributed by atoms with Gasteiger partial charge >= 0.3 is 18.2 Å². The number of epoxide rings is 1. The lowest BCUT2D eigenvalue weighted by Gasteiger charge is -2.42. The maximum atomic E-state index is 15.6. The van der Waals surface area contributed by atoms with Crippen LogP contribution in [0.4, 0.5) is 23.7 Å². The summed E-state index contributed by atoms with van der Waals surface area (Å²) in [6.07, 6.45) is -6.11. The van der Waals surface area contributed by atoms with Gasteiger partial charge in [0, 0.05) is 80.7 Å². The number of sulfonamides is 1. The molecular formula is C95H120ClF3N12O22S5. The molecule has 4 bridgehead atoms. The Kier molecular flexibility index (Phi) is 38.8. The van der Waals surface area contributed by atoms with Gasteiger partial charge in [-0.05, 0) is 168 Å². The van der Waals surface area contributed by atoms with Crippen molar-refractivity contribution in [2.75, 3.05) is 57.0 Å². The topological polar surface area (TPSA) is 504 Å². The zero-order valence-electron chi connectivity index (χ0n) is 78.2. The number of methoxy groups -OCH3 is 2. The number of nitrogens with two attached hydrogens (primary N) is 2. The van der Waals surface area contributed by atoms with Crippen LogP contribution in [-0.2, 0) is 119 Å². The number of carbonyl (C=O) groups is 12. The minimum absolute atomic E-state index is 0.00849. The van der Waals surface area contributed by atoms with Crippen molar-refractivity contribution < 1.29 is 118 Å². The van der Waals surface area contributed by atoms with Crippen LogP contribution in [0.5, 0.6) is 11.5 Å². The van der Waals surface area contributed by atoms with E-state index in [1.165, 1.54) is 64.4 Å². The van der Waals surface area contributed by atoms with E-state index in [1.807, 2.05) is 31.2 Å². The Morgan fingerprint density at radius 3 is 2.17 bits per heavy atom. The summed E-state index contributed by atoms with van der Waals surface area (Å²) in [6.45, 7) is 11.0. The Morgan fingerprint density at radius 1 is 0.841 bits per heavy atom. The van der Waals surface area contributed by atoms with Crippen LogP contribution < -0.4 is 63.0 Å². The first-order valence-corrected chi connectivity index (χ1v) is 51.7. The molecule has 138 heavy (non-hydrogen) atoms. The van der Waals surface area contributed by atoms with Crippen LogP contribution in [0.25, 0.3) is 5.57 Å².